The molecular formula is C16H8BrClN2S. The van der Waals surface area contributed by atoms with E-state index in [0.717, 1.165) is 26.5 Å². The van der Waals surface area contributed by atoms with E-state index in [1.165, 1.54) is 10.1 Å². The molecular weight excluding hydrogens is 368 g/mol. The lowest BCUT2D eigenvalue weighted by atomic mass is 10.0. The maximum absolute atomic E-state index is 6.16. The van der Waals surface area contributed by atoms with Crippen LogP contribution in [0.4, 0.5) is 0 Å². The van der Waals surface area contributed by atoms with Gasteiger partial charge in [-0.2, -0.15) is 0 Å². The first-order chi connectivity index (χ1) is 10.3. The molecule has 0 saturated carbocycles. The molecule has 21 heavy (non-hydrogen) atoms. The van der Waals surface area contributed by atoms with Gasteiger partial charge in [0.25, 0.3) is 0 Å². The number of nitrogens with zero attached hydrogens (tertiary/aromatic N) is 2. The van der Waals surface area contributed by atoms with Crippen molar-refractivity contribution in [2.24, 2.45) is 0 Å². The molecule has 0 unspecified atom stereocenters. The van der Waals surface area contributed by atoms with Crippen LogP contribution in [0.2, 0.25) is 5.15 Å². The quantitative estimate of drug-likeness (QED) is 0.412. The number of hydrogen-bond acceptors (Lipinski definition) is 3. The average molecular weight is 376 g/mol. The molecule has 2 nitrogen and oxygen atoms in total. The number of aromatic nitrogens is 2. The van der Waals surface area contributed by atoms with Gasteiger partial charge in [0.2, 0.25) is 0 Å². The molecule has 4 rings (SSSR count). The van der Waals surface area contributed by atoms with E-state index in [1.807, 2.05) is 36.4 Å². The molecule has 0 bridgehead atoms. The normalized spacial score (nSPS) is 11.3. The molecule has 0 aliphatic rings. The maximum Gasteiger partial charge on any atom is 0.159 e. The average Bonchev–Trinajstić information content (AvgIpc) is 2.93. The Bertz CT molecular complexity index is 981. The van der Waals surface area contributed by atoms with Gasteiger partial charge in [0.15, 0.2) is 5.15 Å². The van der Waals surface area contributed by atoms with Gasteiger partial charge in [-0.3, -0.25) is 0 Å². The summed E-state index contributed by atoms with van der Waals surface area (Å²) in [5.41, 5.74) is 1.97. The molecule has 4 aromatic rings. The summed E-state index contributed by atoms with van der Waals surface area (Å²) in [6, 6.07) is 14.2. The Kier molecular flexibility index (Phi) is 3.17. The Morgan fingerprint density at radius 1 is 0.905 bits per heavy atom. The van der Waals surface area contributed by atoms with Crippen molar-refractivity contribution in [1.29, 1.82) is 0 Å². The summed E-state index contributed by atoms with van der Waals surface area (Å²) < 4.78 is 2.32. The Balaban J connectivity index is 2.10. The van der Waals surface area contributed by atoms with E-state index in [-0.39, 0.29) is 0 Å². The number of hydrogen-bond donors (Lipinski definition) is 0. The minimum Gasteiger partial charge on any atom is -0.148 e. The van der Waals surface area contributed by atoms with Gasteiger partial charge in [-0.15, -0.1) is 21.5 Å². The molecule has 0 spiro atoms. The SMILES string of the molecule is Clc1nnc(-c2csc3c(Br)cccc23)c2ccccc12. The molecule has 0 amide bonds. The first kappa shape index (κ1) is 13.2. The predicted octanol–water partition coefficient (Wildman–Crippen LogP) is 5.93. The summed E-state index contributed by atoms with van der Waals surface area (Å²) in [4.78, 5) is 0. The molecule has 0 atom stereocenters. The zero-order valence-electron chi connectivity index (χ0n) is 10.7. The summed E-state index contributed by atoms with van der Waals surface area (Å²) in [5, 5.41) is 14.1. The lowest BCUT2D eigenvalue weighted by molar-refractivity contribution is 1.06. The molecule has 2 heterocycles. The van der Waals surface area contributed by atoms with Crippen LogP contribution in [0.5, 0.6) is 0 Å². The van der Waals surface area contributed by atoms with Gasteiger partial charge in [0.05, 0.1) is 0 Å². The van der Waals surface area contributed by atoms with E-state index in [2.05, 4.69) is 37.6 Å². The van der Waals surface area contributed by atoms with Crippen molar-refractivity contribution in [1.82, 2.24) is 10.2 Å². The van der Waals surface area contributed by atoms with Crippen molar-refractivity contribution in [2.75, 3.05) is 0 Å². The zero-order chi connectivity index (χ0) is 14.4. The van der Waals surface area contributed by atoms with Crippen molar-refractivity contribution in [3.63, 3.8) is 0 Å². The van der Waals surface area contributed by atoms with Crippen molar-refractivity contribution in [3.05, 3.63) is 57.5 Å². The largest absolute Gasteiger partial charge is 0.159 e. The zero-order valence-corrected chi connectivity index (χ0v) is 13.8. The monoisotopic (exact) mass is 374 g/mol. The van der Waals surface area contributed by atoms with Crippen molar-refractivity contribution in [3.8, 4) is 11.3 Å². The van der Waals surface area contributed by atoms with Gasteiger partial charge in [0.1, 0.15) is 5.69 Å². The van der Waals surface area contributed by atoms with Crippen LogP contribution in [-0.4, -0.2) is 10.2 Å². The summed E-state index contributed by atoms with van der Waals surface area (Å²) in [6.07, 6.45) is 0. The Labute approximate surface area is 138 Å². The summed E-state index contributed by atoms with van der Waals surface area (Å²) in [7, 11) is 0. The number of thiophene rings is 1. The molecule has 0 radical (unpaired) electrons. The van der Waals surface area contributed by atoms with E-state index in [0.29, 0.717) is 5.15 Å². The third-order valence-corrected chi connectivity index (χ3v) is 5.68. The third-order valence-electron chi connectivity index (χ3n) is 3.45. The van der Waals surface area contributed by atoms with E-state index in [1.54, 1.807) is 11.3 Å². The highest BCUT2D eigenvalue weighted by atomic mass is 79.9. The van der Waals surface area contributed by atoms with Crippen LogP contribution in [-0.2, 0) is 0 Å². The van der Waals surface area contributed by atoms with Crippen molar-refractivity contribution < 1.29 is 0 Å². The molecule has 2 aromatic heterocycles. The molecule has 2 aromatic carbocycles. The molecule has 5 heteroatoms. The number of fused-ring (bicyclic) bond motifs is 2. The predicted molar refractivity (Wildman–Crippen MR) is 93.1 cm³/mol. The molecule has 0 N–H and O–H groups in total. The highest BCUT2D eigenvalue weighted by Gasteiger charge is 2.14. The van der Waals surface area contributed by atoms with E-state index < -0.39 is 0 Å². The summed E-state index contributed by atoms with van der Waals surface area (Å²) in [5.74, 6) is 0. The van der Waals surface area contributed by atoms with Crippen LogP contribution in [0.3, 0.4) is 0 Å². The van der Waals surface area contributed by atoms with Gasteiger partial charge in [-0.05, 0) is 22.0 Å². The van der Waals surface area contributed by atoms with Crippen LogP contribution in [0.1, 0.15) is 0 Å². The van der Waals surface area contributed by atoms with Crippen molar-refractivity contribution >= 4 is 59.7 Å². The fourth-order valence-corrected chi connectivity index (χ4v) is 4.28. The van der Waals surface area contributed by atoms with Gasteiger partial charge in [0, 0.05) is 36.3 Å². The highest BCUT2D eigenvalue weighted by molar-refractivity contribution is 9.10. The second-order valence-electron chi connectivity index (χ2n) is 4.65. The van der Waals surface area contributed by atoms with Crippen LogP contribution in [0, 0.1) is 0 Å². The van der Waals surface area contributed by atoms with Gasteiger partial charge >= 0.3 is 0 Å². The van der Waals surface area contributed by atoms with Gasteiger partial charge in [-0.1, -0.05) is 48.0 Å². The van der Waals surface area contributed by atoms with Crippen LogP contribution >= 0.6 is 38.9 Å². The molecule has 102 valence electrons. The van der Waals surface area contributed by atoms with Crippen LogP contribution in [0.25, 0.3) is 32.1 Å². The maximum atomic E-state index is 6.16. The highest BCUT2D eigenvalue weighted by Crippen LogP contribution is 2.39. The minimum absolute atomic E-state index is 0.440. The number of rotatable bonds is 1. The molecule has 0 aliphatic carbocycles. The Morgan fingerprint density at radius 3 is 2.52 bits per heavy atom. The second kappa shape index (κ2) is 5.05. The summed E-state index contributed by atoms with van der Waals surface area (Å²) >= 11 is 11.5. The van der Waals surface area contributed by atoms with E-state index in [9.17, 15) is 0 Å². The lowest BCUT2D eigenvalue weighted by Crippen LogP contribution is -1.90. The minimum atomic E-state index is 0.440. The lowest BCUT2D eigenvalue weighted by Gasteiger charge is -2.05. The third kappa shape index (κ3) is 2.06. The Hall–Kier alpha value is -1.49. The van der Waals surface area contributed by atoms with Crippen LogP contribution < -0.4 is 0 Å². The molecule has 0 aliphatic heterocycles. The topological polar surface area (TPSA) is 25.8 Å². The number of benzene rings is 2. The molecule has 0 saturated heterocycles. The van der Waals surface area contributed by atoms with E-state index >= 15 is 0 Å². The van der Waals surface area contributed by atoms with E-state index in [4.69, 9.17) is 11.6 Å². The van der Waals surface area contributed by atoms with Crippen molar-refractivity contribution in [2.45, 2.75) is 0 Å². The smallest absolute Gasteiger partial charge is 0.148 e. The first-order valence-corrected chi connectivity index (χ1v) is 8.38. The standard InChI is InChI=1S/C16H8BrClN2S/c17-13-7-3-6-10-12(8-21-15(10)13)14-9-4-1-2-5-11(9)16(18)20-19-14/h1-8H. The fraction of sp³-hybridized carbons (Fsp3) is 0. The first-order valence-electron chi connectivity index (χ1n) is 6.33. The summed E-state index contributed by atoms with van der Waals surface area (Å²) in [6.45, 7) is 0. The second-order valence-corrected chi connectivity index (χ2v) is 6.74. The fourth-order valence-electron chi connectivity index (χ4n) is 2.48. The van der Waals surface area contributed by atoms with Gasteiger partial charge in [-0.25, -0.2) is 0 Å². The number of halogens is 2. The molecule has 0 fully saturated rings. The van der Waals surface area contributed by atoms with Gasteiger partial charge < -0.3 is 0 Å². The van der Waals surface area contributed by atoms with Crippen LogP contribution in [0.15, 0.2) is 52.3 Å². The Morgan fingerprint density at radius 2 is 1.67 bits per heavy atom.